The molecule has 0 atom stereocenters. The summed E-state index contributed by atoms with van der Waals surface area (Å²) in [6, 6.07) is 18.5. The second-order valence-corrected chi connectivity index (χ2v) is 4.09. The lowest BCUT2D eigenvalue weighted by molar-refractivity contribution is 0.832. The fourth-order valence-corrected chi connectivity index (χ4v) is 1.87. The summed E-state index contributed by atoms with van der Waals surface area (Å²) in [5.74, 6) is 0. The molecule has 2 rings (SSSR count). The molecule has 0 aliphatic heterocycles. The third-order valence-electron chi connectivity index (χ3n) is 2.86. The van der Waals surface area contributed by atoms with E-state index in [1.807, 2.05) is 18.2 Å². The zero-order valence-corrected chi connectivity index (χ0v) is 10.1. The topological polar surface area (TPSA) is 29.3 Å². The highest BCUT2D eigenvalue weighted by molar-refractivity contribution is 5.47. The number of para-hydroxylation sites is 1. The lowest BCUT2D eigenvalue weighted by atomic mass is 10.2. The second kappa shape index (κ2) is 5.39. The molecule has 0 unspecified atom stereocenters. The van der Waals surface area contributed by atoms with Crippen LogP contribution >= 0.6 is 0 Å². The van der Waals surface area contributed by atoms with Gasteiger partial charge in [-0.25, -0.2) is 0 Å². The van der Waals surface area contributed by atoms with Gasteiger partial charge in [0.1, 0.15) is 0 Å². The average Bonchev–Trinajstić information content (AvgIpc) is 2.39. The summed E-state index contributed by atoms with van der Waals surface area (Å²) >= 11 is 0. The van der Waals surface area contributed by atoms with E-state index >= 15 is 0 Å². The molecule has 0 saturated carbocycles. The molecule has 0 saturated heterocycles. The van der Waals surface area contributed by atoms with Gasteiger partial charge < -0.3 is 10.6 Å². The summed E-state index contributed by atoms with van der Waals surface area (Å²) in [6.45, 7) is 4.08. The first kappa shape index (κ1) is 11.5. The van der Waals surface area contributed by atoms with Crippen molar-refractivity contribution < 1.29 is 0 Å². The van der Waals surface area contributed by atoms with E-state index in [9.17, 15) is 0 Å². The Kier molecular flexibility index (Phi) is 3.66. The van der Waals surface area contributed by atoms with E-state index in [4.69, 9.17) is 5.73 Å². The minimum Gasteiger partial charge on any atom is -0.399 e. The summed E-state index contributed by atoms with van der Waals surface area (Å²) in [5.41, 5.74) is 9.04. The van der Waals surface area contributed by atoms with Gasteiger partial charge >= 0.3 is 0 Å². The number of hydrogen-bond donors (Lipinski definition) is 1. The van der Waals surface area contributed by atoms with E-state index in [0.29, 0.717) is 0 Å². The van der Waals surface area contributed by atoms with Crippen molar-refractivity contribution in [3.05, 3.63) is 60.2 Å². The molecule has 0 spiro atoms. The van der Waals surface area contributed by atoms with Crippen LogP contribution in [0.3, 0.4) is 0 Å². The SMILES string of the molecule is CCN(Cc1ccc(N)cc1)c1ccccc1. The molecule has 0 aromatic heterocycles. The molecule has 0 amide bonds. The first-order valence-corrected chi connectivity index (χ1v) is 5.94. The molecular formula is C15H18N2. The van der Waals surface area contributed by atoms with Crippen LogP contribution in [0, 0.1) is 0 Å². The van der Waals surface area contributed by atoms with Gasteiger partial charge in [0.25, 0.3) is 0 Å². The molecule has 0 aliphatic rings. The second-order valence-electron chi connectivity index (χ2n) is 4.09. The Labute approximate surface area is 103 Å². The maximum absolute atomic E-state index is 5.69. The highest BCUT2D eigenvalue weighted by atomic mass is 15.1. The average molecular weight is 226 g/mol. The molecule has 2 N–H and O–H groups in total. The predicted molar refractivity (Wildman–Crippen MR) is 74.0 cm³/mol. The number of anilines is 2. The van der Waals surface area contributed by atoms with Crippen molar-refractivity contribution in [2.24, 2.45) is 0 Å². The first-order chi connectivity index (χ1) is 8.29. The maximum atomic E-state index is 5.69. The Morgan fingerprint density at radius 1 is 0.941 bits per heavy atom. The van der Waals surface area contributed by atoms with Gasteiger partial charge in [-0.2, -0.15) is 0 Å². The van der Waals surface area contributed by atoms with E-state index in [0.717, 1.165) is 18.8 Å². The first-order valence-electron chi connectivity index (χ1n) is 5.94. The predicted octanol–water partition coefficient (Wildman–Crippen LogP) is 3.30. The zero-order valence-electron chi connectivity index (χ0n) is 10.1. The van der Waals surface area contributed by atoms with Gasteiger partial charge in [-0.15, -0.1) is 0 Å². The smallest absolute Gasteiger partial charge is 0.0429 e. The van der Waals surface area contributed by atoms with E-state index in [-0.39, 0.29) is 0 Å². The van der Waals surface area contributed by atoms with Crippen molar-refractivity contribution in [1.82, 2.24) is 0 Å². The van der Waals surface area contributed by atoms with Gasteiger partial charge in [0, 0.05) is 24.5 Å². The molecule has 0 bridgehead atoms. The molecule has 17 heavy (non-hydrogen) atoms. The van der Waals surface area contributed by atoms with Gasteiger partial charge in [-0.3, -0.25) is 0 Å². The number of nitrogens with two attached hydrogens (primary N) is 1. The van der Waals surface area contributed by atoms with Crippen LogP contribution in [-0.4, -0.2) is 6.54 Å². The number of nitrogen functional groups attached to an aromatic ring is 1. The summed E-state index contributed by atoms with van der Waals surface area (Å²) in [7, 11) is 0. The maximum Gasteiger partial charge on any atom is 0.0429 e. The molecule has 0 aliphatic carbocycles. The van der Waals surface area contributed by atoms with Crippen LogP contribution in [0.15, 0.2) is 54.6 Å². The third kappa shape index (κ3) is 3.00. The standard InChI is InChI=1S/C15H18N2/c1-2-17(15-6-4-3-5-7-15)12-13-8-10-14(16)11-9-13/h3-11H,2,12,16H2,1H3. The normalized spacial score (nSPS) is 10.2. The highest BCUT2D eigenvalue weighted by Gasteiger charge is 2.04. The molecule has 2 nitrogen and oxygen atoms in total. The van der Waals surface area contributed by atoms with Crippen LogP contribution in [-0.2, 0) is 6.54 Å². The summed E-state index contributed by atoms with van der Waals surface area (Å²) in [6.07, 6.45) is 0. The summed E-state index contributed by atoms with van der Waals surface area (Å²) < 4.78 is 0. The van der Waals surface area contributed by atoms with E-state index in [1.165, 1.54) is 11.3 Å². The van der Waals surface area contributed by atoms with E-state index in [1.54, 1.807) is 0 Å². The van der Waals surface area contributed by atoms with Crippen LogP contribution in [0.25, 0.3) is 0 Å². The minimum atomic E-state index is 0.816. The van der Waals surface area contributed by atoms with Gasteiger partial charge in [-0.1, -0.05) is 30.3 Å². The quantitative estimate of drug-likeness (QED) is 0.810. The Morgan fingerprint density at radius 2 is 1.59 bits per heavy atom. The molecule has 2 aromatic carbocycles. The van der Waals surface area contributed by atoms with Gasteiger partial charge in [0.15, 0.2) is 0 Å². The van der Waals surface area contributed by atoms with Crippen LogP contribution < -0.4 is 10.6 Å². The molecule has 0 fully saturated rings. The Morgan fingerprint density at radius 3 is 2.18 bits per heavy atom. The lowest BCUT2D eigenvalue weighted by Gasteiger charge is -2.23. The Balaban J connectivity index is 2.13. The van der Waals surface area contributed by atoms with Crippen molar-refractivity contribution in [3.8, 4) is 0 Å². The van der Waals surface area contributed by atoms with E-state index in [2.05, 4.69) is 48.2 Å². The fourth-order valence-electron chi connectivity index (χ4n) is 1.87. The van der Waals surface area contributed by atoms with Crippen molar-refractivity contribution >= 4 is 11.4 Å². The lowest BCUT2D eigenvalue weighted by Crippen LogP contribution is -2.21. The zero-order chi connectivity index (χ0) is 12.1. The van der Waals surface area contributed by atoms with Gasteiger partial charge in [-0.05, 0) is 36.8 Å². The summed E-state index contributed by atoms with van der Waals surface area (Å²) in [5, 5.41) is 0. The van der Waals surface area contributed by atoms with Gasteiger partial charge in [0.05, 0.1) is 0 Å². The van der Waals surface area contributed by atoms with Crippen LogP contribution in [0.2, 0.25) is 0 Å². The number of nitrogens with zero attached hydrogens (tertiary/aromatic N) is 1. The number of rotatable bonds is 4. The molecule has 2 heteroatoms. The van der Waals surface area contributed by atoms with Crippen molar-refractivity contribution in [3.63, 3.8) is 0 Å². The molecule has 2 aromatic rings. The molecule has 0 heterocycles. The Hall–Kier alpha value is -1.96. The van der Waals surface area contributed by atoms with E-state index < -0.39 is 0 Å². The monoisotopic (exact) mass is 226 g/mol. The molecule has 0 radical (unpaired) electrons. The third-order valence-corrected chi connectivity index (χ3v) is 2.86. The largest absolute Gasteiger partial charge is 0.399 e. The Bertz CT molecular complexity index is 448. The summed E-state index contributed by atoms with van der Waals surface area (Å²) in [4.78, 5) is 2.34. The highest BCUT2D eigenvalue weighted by Crippen LogP contribution is 2.16. The molecule has 88 valence electrons. The van der Waals surface area contributed by atoms with Crippen molar-refractivity contribution in [2.75, 3.05) is 17.2 Å². The van der Waals surface area contributed by atoms with Crippen LogP contribution in [0.4, 0.5) is 11.4 Å². The minimum absolute atomic E-state index is 0.816. The number of benzene rings is 2. The molecular weight excluding hydrogens is 208 g/mol. The van der Waals surface area contributed by atoms with Crippen LogP contribution in [0.5, 0.6) is 0 Å². The number of hydrogen-bond acceptors (Lipinski definition) is 2. The van der Waals surface area contributed by atoms with Gasteiger partial charge in [0.2, 0.25) is 0 Å². The van der Waals surface area contributed by atoms with Crippen LogP contribution in [0.1, 0.15) is 12.5 Å². The van der Waals surface area contributed by atoms with Crippen molar-refractivity contribution in [2.45, 2.75) is 13.5 Å². The van der Waals surface area contributed by atoms with Crippen molar-refractivity contribution in [1.29, 1.82) is 0 Å². The fraction of sp³-hybridized carbons (Fsp3) is 0.200.